The molecule has 0 bridgehead atoms. The van der Waals surface area contributed by atoms with Gasteiger partial charge < -0.3 is 14.6 Å². The number of rotatable bonds is 8. The minimum atomic E-state index is -0.347. The Kier molecular flexibility index (Phi) is 6.97. The van der Waals surface area contributed by atoms with Crippen molar-refractivity contribution in [2.75, 3.05) is 12.4 Å². The second-order valence-corrected chi connectivity index (χ2v) is 12.0. The molecular weight excluding hydrogens is 452 g/mol. The average molecular weight is 493 g/mol. The van der Waals surface area contributed by atoms with E-state index < -0.39 is 0 Å². The predicted octanol–water partition coefficient (Wildman–Crippen LogP) is 6.63. The van der Waals surface area contributed by atoms with E-state index in [0.717, 1.165) is 47.0 Å². The van der Waals surface area contributed by atoms with Crippen LogP contribution in [0.2, 0.25) is 0 Å². The van der Waals surface area contributed by atoms with Crippen LogP contribution >= 0.6 is 0 Å². The number of methoxy groups -OCH3 is 1. The van der Waals surface area contributed by atoms with E-state index in [2.05, 4.69) is 30.4 Å². The molecule has 0 aliphatic heterocycles. The molecule has 3 fully saturated rings. The summed E-state index contributed by atoms with van der Waals surface area (Å²) in [5, 5.41) is 7.78. The molecule has 36 heavy (non-hydrogen) atoms. The summed E-state index contributed by atoms with van der Waals surface area (Å²) in [6.07, 6.45) is 6.94. The Balaban J connectivity index is 1.41. The van der Waals surface area contributed by atoms with Crippen molar-refractivity contribution in [2.45, 2.75) is 90.4 Å². The standard InChI is InChI=1S/C30H40N2O4/c1-16(2)10-19-12-21(13-19)28-26(20-7-8-20)27(32-36-28)23-14-22(30(34)35-5)15-24(23)29(33)31-25-9-6-17(3)11-18(25)4/h6,9,11,16,19-24H,7-8,10,12-15H2,1-5H3,(H,31,33)/t19?,21?,22-,23-,24-/m0/s1. The molecule has 3 aliphatic rings. The maximum Gasteiger partial charge on any atom is 0.308 e. The van der Waals surface area contributed by atoms with E-state index in [1.54, 1.807) is 0 Å². The first-order chi connectivity index (χ1) is 17.2. The molecule has 1 N–H and O–H groups in total. The summed E-state index contributed by atoms with van der Waals surface area (Å²) in [4.78, 5) is 26.2. The maximum absolute atomic E-state index is 13.6. The average Bonchev–Trinajstić information content (AvgIpc) is 3.40. The molecule has 0 saturated heterocycles. The van der Waals surface area contributed by atoms with E-state index in [1.807, 2.05) is 26.0 Å². The first-order valence-electron chi connectivity index (χ1n) is 13.7. The van der Waals surface area contributed by atoms with Crippen molar-refractivity contribution in [3.05, 3.63) is 46.3 Å². The number of esters is 1. The summed E-state index contributed by atoms with van der Waals surface area (Å²) >= 11 is 0. The minimum absolute atomic E-state index is 0.0507. The molecular formula is C30H40N2O4. The number of ether oxygens (including phenoxy) is 1. The lowest BCUT2D eigenvalue weighted by Crippen LogP contribution is -2.26. The zero-order chi connectivity index (χ0) is 25.6. The second-order valence-electron chi connectivity index (χ2n) is 12.0. The van der Waals surface area contributed by atoms with E-state index in [-0.39, 0.29) is 29.6 Å². The van der Waals surface area contributed by atoms with E-state index in [4.69, 9.17) is 9.26 Å². The van der Waals surface area contributed by atoms with Crippen LogP contribution in [-0.2, 0) is 14.3 Å². The number of amides is 1. The summed E-state index contributed by atoms with van der Waals surface area (Å²) in [6, 6.07) is 6.03. The van der Waals surface area contributed by atoms with Gasteiger partial charge in [-0.25, -0.2) is 0 Å². The van der Waals surface area contributed by atoms with Crippen molar-refractivity contribution >= 4 is 17.6 Å². The zero-order valence-electron chi connectivity index (χ0n) is 22.3. The molecule has 6 nitrogen and oxygen atoms in total. The molecule has 6 heteroatoms. The van der Waals surface area contributed by atoms with Gasteiger partial charge in [-0.1, -0.05) is 36.7 Å². The Hall–Kier alpha value is -2.63. The van der Waals surface area contributed by atoms with Crippen molar-refractivity contribution in [2.24, 2.45) is 23.7 Å². The SMILES string of the molecule is COC(=O)[C@@H]1C[C@H](C(=O)Nc2ccc(C)cc2C)[C@@H](c2noc(C3CC(CC(C)C)C3)c2C2CC2)C1. The fourth-order valence-electron chi connectivity index (χ4n) is 6.64. The number of hydrogen-bond donors (Lipinski definition) is 1. The molecule has 0 radical (unpaired) electrons. The van der Waals surface area contributed by atoms with Gasteiger partial charge in [-0.2, -0.15) is 0 Å². The molecule has 194 valence electrons. The number of aromatic nitrogens is 1. The number of aryl methyl sites for hydroxylation is 2. The fourth-order valence-corrected chi connectivity index (χ4v) is 6.64. The highest BCUT2D eigenvalue weighted by atomic mass is 16.5. The van der Waals surface area contributed by atoms with E-state index in [9.17, 15) is 9.59 Å². The summed E-state index contributed by atoms with van der Waals surface area (Å²) in [5.41, 5.74) is 5.19. The van der Waals surface area contributed by atoms with Crippen LogP contribution in [0, 0.1) is 37.5 Å². The largest absolute Gasteiger partial charge is 0.469 e. The Morgan fingerprint density at radius 3 is 2.50 bits per heavy atom. The highest BCUT2D eigenvalue weighted by molar-refractivity contribution is 5.94. The van der Waals surface area contributed by atoms with Gasteiger partial charge in [0, 0.05) is 29.0 Å². The van der Waals surface area contributed by atoms with Crippen molar-refractivity contribution in [3.63, 3.8) is 0 Å². The van der Waals surface area contributed by atoms with Crippen LogP contribution in [0.4, 0.5) is 5.69 Å². The molecule has 0 spiro atoms. The highest BCUT2D eigenvalue weighted by Gasteiger charge is 2.48. The number of nitrogens with one attached hydrogen (secondary N) is 1. The third-order valence-corrected chi connectivity index (χ3v) is 8.61. The summed E-state index contributed by atoms with van der Waals surface area (Å²) in [5.74, 6) is 2.37. The number of benzene rings is 1. The van der Waals surface area contributed by atoms with Gasteiger partial charge in [0.1, 0.15) is 5.76 Å². The monoisotopic (exact) mass is 492 g/mol. The fraction of sp³-hybridized carbons (Fsp3) is 0.633. The van der Waals surface area contributed by atoms with Crippen molar-refractivity contribution in [3.8, 4) is 0 Å². The minimum Gasteiger partial charge on any atom is -0.469 e. The molecule has 1 heterocycles. The molecule has 5 rings (SSSR count). The molecule has 1 aromatic heterocycles. The molecule has 3 atom stereocenters. The van der Waals surface area contributed by atoms with Gasteiger partial charge >= 0.3 is 5.97 Å². The molecule has 3 saturated carbocycles. The van der Waals surface area contributed by atoms with Gasteiger partial charge in [-0.3, -0.25) is 9.59 Å². The third-order valence-electron chi connectivity index (χ3n) is 8.61. The topological polar surface area (TPSA) is 81.4 Å². The van der Waals surface area contributed by atoms with Crippen LogP contribution < -0.4 is 5.32 Å². The smallest absolute Gasteiger partial charge is 0.308 e. The quantitative estimate of drug-likeness (QED) is 0.418. The van der Waals surface area contributed by atoms with E-state index in [0.29, 0.717) is 30.6 Å². The lowest BCUT2D eigenvalue weighted by Gasteiger charge is -2.35. The lowest BCUT2D eigenvalue weighted by molar-refractivity contribution is -0.145. The van der Waals surface area contributed by atoms with E-state index >= 15 is 0 Å². The normalized spacial score (nSPS) is 27.7. The van der Waals surface area contributed by atoms with Crippen LogP contribution in [0.15, 0.2) is 22.7 Å². The second kappa shape index (κ2) is 10.0. The van der Waals surface area contributed by atoms with Crippen molar-refractivity contribution in [1.29, 1.82) is 0 Å². The highest BCUT2D eigenvalue weighted by Crippen LogP contribution is 2.55. The Morgan fingerprint density at radius 2 is 1.86 bits per heavy atom. The number of carbonyl (C=O) groups is 2. The predicted molar refractivity (Wildman–Crippen MR) is 139 cm³/mol. The summed E-state index contributed by atoms with van der Waals surface area (Å²) < 4.78 is 11.2. The van der Waals surface area contributed by atoms with Crippen LogP contribution in [0.3, 0.4) is 0 Å². The first-order valence-corrected chi connectivity index (χ1v) is 13.7. The molecule has 2 aromatic rings. The van der Waals surface area contributed by atoms with Gasteiger partial charge in [-0.15, -0.1) is 0 Å². The Morgan fingerprint density at radius 1 is 1.11 bits per heavy atom. The van der Waals surface area contributed by atoms with Crippen LogP contribution in [0.5, 0.6) is 0 Å². The number of carbonyl (C=O) groups excluding carboxylic acids is 2. The molecule has 0 unspecified atom stereocenters. The van der Waals surface area contributed by atoms with Crippen LogP contribution in [-0.4, -0.2) is 24.1 Å². The molecule has 3 aliphatic carbocycles. The van der Waals surface area contributed by atoms with Crippen LogP contribution in [0.1, 0.15) is 105 Å². The first kappa shape index (κ1) is 25.0. The molecule has 1 amide bonds. The number of anilines is 1. The third kappa shape index (κ3) is 4.96. The summed E-state index contributed by atoms with van der Waals surface area (Å²) in [6.45, 7) is 8.63. The Bertz CT molecular complexity index is 1130. The van der Waals surface area contributed by atoms with Gasteiger partial charge in [-0.05, 0) is 88.2 Å². The van der Waals surface area contributed by atoms with Crippen molar-refractivity contribution < 1.29 is 18.8 Å². The van der Waals surface area contributed by atoms with Gasteiger partial charge in [0.25, 0.3) is 0 Å². The van der Waals surface area contributed by atoms with Gasteiger partial charge in [0.15, 0.2) is 0 Å². The lowest BCUT2D eigenvalue weighted by atomic mass is 9.69. The zero-order valence-corrected chi connectivity index (χ0v) is 22.3. The number of nitrogens with zero attached hydrogens (tertiary/aromatic N) is 1. The van der Waals surface area contributed by atoms with Crippen LogP contribution in [0.25, 0.3) is 0 Å². The maximum atomic E-state index is 13.6. The van der Waals surface area contributed by atoms with Crippen molar-refractivity contribution in [1.82, 2.24) is 5.16 Å². The number of hydrogen-bond acceptors (Lipinski definition) is 5. The molecule has 1 aromatic carbocycles. The summed E-state index contributed by atoms with van der Waals surface area (Å²) in [7, 11) is 1.43. The van der Waals surface area contributed by atoms with Gasteiger partial charge in [0.05, 0.1) is 18.7 Å². The van der Waals surface area contributed by atoms with E-state index in [1.165, 1.54) is 31.9 Å². The van der Waals surface area contributed by atoms with Gasteiger partial charge in [0.2, 0.25) is 5.91 Å². The Labute approximate surface area is 214 Å².